The van der Waals surface area contributed by atoms with Crippen LogP contribution in [0.5, 0.6) is 0 Å². The third-order valence-electron chi connectivity index (χ3n) is 4.13. The molecule has 0 fully saturated rings. The van der Waals surface area contributed by atoms with E-state index in [-0.39, 0.29) is 5.91 Å². The number of carbonyl (C=O) groups excluding carboxylic acids is 1. The molecule has 0 atom stereocenters. The first kappa shape index (κ1) is 17.9. The standard InChI is InChI=1S/C22H16ClN3O2/c23-18-10-5-15(6-11-18)7-12-20(27)25-14-16-3-8-17(9-4-16)22-26-21-19(28-22)2-1-13-24-21/h1-13H,14H2,(H,25,27). The molecule has 0 saturated heterocycles. The van der Waals surface area contributed by atoms with Crippen LogP contribution in [0.2, 0.25) is 5.02 Å². The summed E-state index contributed by atoms with van der Waals surface area (Å²) in [6.45, 7) is 0.430. The van der Waals surface area contributed by atoms with Gasteiger partial charge >= 0.3 is 0 Å². The molecule has 0 bridgehead atoms. The second-order valence-electron chi connectivity index (χ2n) is 6.14. The van der Waals surface area contributed by atoms with Crippen molar-refractivity contribution in [1.29, 1.82) is 0 Å². The highest BCUT2D eigenvalue weighted by Gasteiger charge is 2.08. The molecule has 0 aliphatic heterocycles. The number of hydrogen-bond acceptors (Lipinski definition) is 4. The summed E-state index contributed by atoms with van der Waals surface area (Å²) in [5.74, 6) is 0.360. The van der Waals surface area contributed by atoms with Crippen molar-refractivity contribution in [1.82, 2.24) is 15.3 Å². The second-order valence-corrected chi connectivity index (χ2v) is 6.58. The van der Waals surface area contributed by atoms with E-state index >= 15 is 0 Å². The van der Waals surface area contributed by atoms with Crippen LogP contribution in [-0.2, 0) is 11.3 Å². The van der Waals surface area contributed by atoms with Gasteiger partial charge < -0.3 is 9.73 Å². The molecule has 4 aromatic rings. The fourth-order valence-electron chi connectivity index (χ4n) is 2.65. The molecule has 0 aliphatic rings. The Hall–Kier alpha value is -3.44. The van der Waals surface area contributed by atoms with Crippen molar-refractivity contribution < 1.29 is 9.21 Å². The van der Waals surface area contributed by atoms with E-state index in [1.54, 1.807) is 24.4 Å². The van der Waals surface area contributed by atoms with E-state index in [0.29, 0.717) is 28.7 Å². The molecular formula is C22H16ClN3O2. The lowest BCUT2D eigenvalue weighted by Crippen LogP contribution is -2.20. The zero-order valence-electron chi connectivity index (χ0n) is 14.8. The minimum absolute atomic E-state index is 0.163. The van der Waals surface area contributed by atoms with E-state index in [1.807, 2.05) is 48.5 Å². The van der Waals surface area contributed by atoms with Crippen LogP contribution in [0.15, 0.2) is 77.4 Å². The first-order chi connectivity index (χ1) is 13.7. The Kier molecular flexibility index (Phi) is 5.17. The number of benzene rings is 2. The number of hydrogen-bond donors (Lipinski definition) is 1. The van der Waals surface area contributed by atoms with Gasteiger partial charge in [0, 0.05) is 29.4 Å². The van der Waals surface area contributed by atoms with Crippen LogP contribution in [0.4, 0.5) is 0 Å². The van der Waals surface area contributed by atoms with Gasteiger partial charge in [0.15, 0.2) is 11.2 Å². The predicted octanol–water partition coefficient (Wildman–Crippen LogP) is 4.87. The van der Waals surface area contributed by atoms with Crippen molar-refractivity contribution in [2.24, 2.45) is 0 Å². The highest BCUT2D eigenvalue weighted by molar-refractivity contribution is 6.30. The Balaban J connectivity index is 1.36. The minimum Gasteiger partial charge on any atom is -0.434 e. The Bertz CT molecular complexity index is 1100. The number of pyridine rings is 1. The highest BCUT2D eigenvalue weighted by Crippen LogP contribution is 2.23. The molecule has 6 heteroatoms. The maximum atomic E-state index is 12.0. The van der Waals surface area contributed by atoms with Crippen molar-refractivity contribution in [3.05, 3.63) is 89.1 Å². The Morgan fingerprint density at radius 2 is 1.86 bits per heavy atom. The summed E-state index contributed by atoms with van der Waals surface area (Å²) in [5, 5.41) is 3.53. The molecule has 4 rings (SSSR count). The molecule has 1 amide bonds. The van der Waals surface area contributed by atoms with Gasteiger partial charge in [-0.1, -0.05) is 35.9 Å². The van der Waals surface area contributed by atoms with Crippen molar-refractivity contribution in [2.45, 2.75) is 6.54 Å². The van der Waals surface area contributed by atoms with E-state index in [2.05, 4.69) is 15.3 Å². The number of aromatic nitrogens is 2. The summed E-state index contributed by atoms with van der Waals surface area (Å²) in [6.07, 6.45) is 4.93. The number of rotatable bonds is 5. The van der Waals surface area contributed by atoms with Crippen LogP contribution in [0.3, 0.4) is 0 Å². The number of amides is 1. The number of halogens is 1. The summed E-state index contributed by atoms with van der Waals surface area (Å²) in [4.78, 5) is 20.5. The van der Waals surface area contributed by atoms with Gasteiger partial charge in [0.2, 0.25) is 11.8 Å². The van der Waals surface area contributed by atoms with Gasteiger partial charge in [0.1, 0.15) is 0 Å². The summed E-state index contributed by atoms with van der Waals surface area (Å²) in [7, 11) is 0. The van der Waals surface area contributed by atoms with E-state index in [9.17, 15) is 4.79 Å². The number of oxazole rings is 1. The van der Waals surface area contributed by atoms with Crippen LogP contribution in [0.1, 0.15) is 11.1 Å². The third kappa shape index (κ3) is 4.27. The van der Waals surface area contributed by atoms with Gasteiger partial charge in [-0.15, -0.1) is 0 Å². The summed E-state index contributed by atoms with van der Waals surface area (Å²) >= 11 is 5.85. The number of fused-ring (bicyclic) bond motifs is 1. The lowest BCUT2D eigenvalue weighted by Gasteiger charge is -2.03. The number of nitrogens with one attached hydrogen (secondary N) is 1. The largest absolute Gasteiger partial charge is 0.434 e. The molecule has 0 spiro atoms. The molecule has 2 aromatic heterocycles. The first-order valence-corrected chi connectivity index (χ1v) is 9.07. The topological polar surface area (TPSA) is 68.0 Å². The number of nitrogens with zero attached hydrogens (tertiary/aromatic N) is 2. The average Bonchev–Trinajstić information content (AvgIpc) is 3.16. The maximum Gasteiger partial charge on any atom is 0.244 e. The lowest BCUT2D eigenvalue weighted by atomic mass is 10.1. The van der Waals surface area contributed by atoms with E-state index in [4.69, 9.17) is 16.0 Å². The van der Waals surface area contributed by atoms with Crippen molar-refractivity contribution in [2.75, 3.05) is 0 Å². The second kappa shape index (κ2) is 8.06. The van der Waals surface area contributed by atoms with Gasteiger partial charge in [-0.05, 0) is 53.6 Å². The predicted molar refractivity (Wildman–Crippen MR) is 110 cm³/mol. The normalized spacial score (nSPS) is 11.2. The van der Waals surface area contributed by atoms with Crippen LogP contribution in [0, 0.1) is 0 Å². The average molecular weight is 390 g/mol. The van der Waals surface area contributed by atoms with Crippen LogP contribution in [-0.4, -0.2) is 15.9 Å². The van der Waals surface area contributed by atoms with Crippen molar-refractivity contribution in [3.63, 3.8) is 0 Å². The quantitative estimate of drug-likeness (QED) is 0.494. The van der Waals surface area contributed by atoms with Gasteiger partial charge in [-0.2, -0.15) is 4.98 Å². The molecular weight excluding hydrogens is 374 g/mol. The van der Waals surface area contributed by atoms with Gasteiger partial charge in [-0.25, -0.2) is 4.98 Å². The van der Waals surface area contributed by atoms with Crippen molar-refractivity contribution >= 4 is 34.8 Å². The molecule has 2 heterocycles. The molecule has 28 heavy (non-hydrogen) atoms. The molecule has 138 valence electrons. The molecule has 0 radical (unpaired) electrons. The Labute approximate surface area is 166 Å². The van der Waals surface area contributed by atoms with Gasteiger partial charge in [0.05, 0.1) is 0 Å². The van der Waals surface area contributed by atoms with Crippen LogP contribution >= 0.6 is 11.6 Å². The number of carbonyl (C=O) groups is 1. The Morgan fingerprint density at radius 1 is 1.07 bits per heavy atom. The van der Waals surface area contributed by atoms with E-state index < -0.39 is 0 Å². The van der Waals surface area contributed by atoms with Crippen LogP contribution < -0.4 is 5.32 Å². The zero-order valence-corrected chi connectivity index (χ0v) is 15.6. The van der Waals surface area contributed by atoms with E-state index in [0.717, 1.165) is 16.7 Å². The first-order valence-electron chi connectivity index (χ1n) is 8.70. The minimum atomic E-state index is -0.163. The Morgan fingerprint density at radius 3 is 2.61 bits per heavy atom. The smallest absolute Gasteiger partial charge is 0.244 e. The monoisotopic (exact) mass is 389 g/mol. The highest BCUT2D eigenvalue weighted by atomic mass is 35.5. The summed E-state index contributed by atoms with van der Waals surface area (Å²) in [5.41, 5.74) is 3.99. The van der Waals surface area contributed by atoms with Gasteiger partial charge in [-0.3, -0.25) is 4.79 Å². The van der Waals surface area contributed by atoms with Crippen LogP contribution in [0.25, 0.3) is 28.8 Å². The fraction of sp³-hybridized carbons (Fsp3) is 0.0455. The lowest BCUT2D eigenvalue weighted by molar-refractivity contribution is -0.116. The summed E-state index contributed by atoms with van der Waals surface area (Å²) in [6, 6.07) is 18.6. The van der Waals surface area contributed by atoms with Gasteiger partial charge in [0.25, 0.3) is 0 Å². The molecule has 5 nitrogen and oxygen atoms in total. The summed E-state index contributed by atoms with van der Waals surface area (Å²) < 4.78 is 5.71. The molecule has 1 N–H and O–H groups in total. The SMILES string of the molecule is O=C(C=Cc1ccc(Cl)cc1)NCc1ccc(-c2nc3ncccc3o2)cc1. The molecule has 0 unspecified atom stereocenters. The molecule has 0 aliphatic carbocycles. The van der Waals surface area contributed by atoms with E-state index in [1.165, 1.54) is 6.08 Å². The van der Waals surface area contributed by atoms with Crippen molar-refractivity contribution in [3.8, 4) is 11.5 Å². The molecule has 2 aromatic carbocycles. The fourth-order valence-corrected chi connectivity index (χ4v) is 2.78. The third-order valence-corrected chi connectivity index (χ3v) is 4.38. The zero-order chi connectivity index (χ0) is 19.3. The molecule has 0 saturated carbocycles. The maximum absolute atomic E-state index is 12.0.